The number of hydrogen-bond acceptors (Lipinski definition) is 2. The van der Waals surface area contributed by atoms with Crippen LogP contribution in [0.1, 0.15) is 5.56 Å². The van der Waals surface area contributed by atoms with Crippen molar-refractivity contribution in [2.24, 2.45) is 0 Å². The van der Waals surface area contributed by atoms with Gasteiger partial charge in [-0.05, 0) is 41.2 Å². The van der Waals surface area contributed by atoms with Gasteiger partial charge >= 0.3 is 7.12 Å². The second kappa shape index (κ2) is 4.92. The van der Waals surface area contributed by atoms with E-state index in [2.05, 4.69) is 0 Å². The highest BCUT2D eigenvalue weighted by molar-refractivity contribution is 6.60. The van der Waals surface area contributed by atoms with Gasteiger partial charge in [0.25, 0.3) is 0 Å². The van der Waals surface area contributed by atoms with Gasteiger partial charge in [0.15, 0.2) is 0 Å². The zero-order chi connectivity index (χ0) is 12.4. The highest BCUT2D eigenvalue weighted by atomic mass is 35.5. The lowest BCUT2D eigenvalue weighted by Gasteiger charge is -2.12. The lowest BCUT2D eigenvalue weighted by Crippen LogP contribution is -2.31. The molecule has 0 amide bonds. The van der Waals surface area contributed by atoms with Crippen molar-refractivity contribution >= 4 is 24.2 Å². The van der Waals surface area contributed by atoms with Crippen LogP contribution in [-0.2, 0) is 0 Å². The highest BCUT2D eigenvalue weighted by Crippen LogP contribution is 2.24. The summed E-state index contributed by atoms with van der Waals surface area (Å²) in [6.07, 6.45) is 0. The molecular weight excluding hydrogens is 234 g/mol. The summed E-state index contributed by atoms with van der Waals surface area (Å²) in [7, 11) is -1.50. The van der Waals surface area contributed by atoms with Crippen LogP contribution in [0.5, 0.6) is 0 Å². The molecule has 2 aromatic rings. The van der Waals surface area contributed by atoms with Gasteiger partial charge in [-0.1, -0.05) is 41.9 Å². The van der Waals surface area contributed by atoms with Gasteiger partial charge in [0, 0.05) is 5.02 Å². The van der Waals surface area contributed by atoms with Gasteiger partial charge in [0.2, 0.25) is 0 Å². The zero-order valence-corrected chi connectivity index (χ0v) is 10.1. The first kappa shape index (κ1) is 12.2. The van der Waals surface area contributed by atoms with Crippen LogP contribution < -0.4 is 5.46 Å². The second-order valence-electron chi connectivity index (χ2n) is 3.92. The molecule has 0 spiro atoms. The van der Waals surface area contributed by atoms with Crippen LogP contribution >= 0.6 is 11.6 Å². The zero-order valence-electron chi connectivity index (χ0n) is 9.39. The smallest absolute Gasteiger partial charge is 0.423 e. The average Bonchev–Trinajstić information content (AvgIpc) is 2.29. The first-order valence-corrected chi connectivity index (χ1v) is 5.69. The monoisotopic (exact) mass is 246 g/mol. The minimum Gasteiger partial charge on any atom is -0.423 e. The molecule has 0 heterocycles. The molecule has 2 nitrogen and oxygen atoms in total. The Morgan fingerprint density at radius 1 is 1.00 bits per heavy atom. The van der Waals surface area contributed by atoms with Crippen LogP contribution in [0, 0.1) is 6.92 Å². The Morgan fingerprint density at radius 3 is 2.35 bits per heavy atom. The highest BCUT2D eigenvalue weighted by Gasteiger charge is 2.17. The third-order valence-electron chi connectivity index (χ3n) is 2.73. The van der Waals surface area contributed by atoms with E-state index in [0.717, 1.165) is 16.7 Å². The second-order valence-corrected chi connectivity index (χ2v) is 4.36. The van der Waals surface area contributed by atoms with E-state index >= 15 is 0 Å². The lowest BCUT2D eigenvalue weighted by atomic mass is 9.75. The third-order valence-corrected chi connectivity index (χ3v) is 2.96. The SMILES string of the molecule is Cc1ccccc1-c1cc(Cl)ccc1B(O)O. The lowest BCUT2D eigenvalue weighted by molar-refractivity contribution is 0.426. The van der Waals surface area contributed by atoms with Crippen LogP contribution in [0.25, 0.3) is 11.1 Å². The summed E-state index contributed by atoms with van der Waals surface area (Å²) in [4.78, 5) is 0. The summed E-state index contributed by atoms with van der Waals surface area (Å²) in [5, 5.41) is 19.3. The van der Waals surface area contributed by atoms with E-state index in [0.29, 0.717) is 10.5 Å². The van der Waals surface area contributed by atoms with Gasteiger partial charge in [-0.15, -0.1) is 0 Å². The number of rotatable bonds is 2. The fourth-order valence-corrected chi connectivity index (χ4v) is 2.03. The van der Waals surface area contributed by atoms with E-state index in [1.807, 2.05) is 31.2 Å². The first-order chi connectivity index (χ1) is 8.09. The fraction of sp³-hybridized carbons (Fsp3) is 0.0769. The molecule has 0 fully saturated rings. The van der Waals surface area contributed by atoms with Crippen molar-refractivity contribution in [1.82, 2.24) is 0 Å². The van der Waals surface area contributed by atoms with E-state index < -0.39 is 7.12 Å². The summed E-state index contributed by atoms with van der Waals surface area (Å²) in [6, 6.07) is 12.8. The molecule has 0 aliphatic heterocycles. The molecule has 4 heteroatoms. The largest absolute Gasteiger partial charge is 0.489 e. The van der Waals surface area contributed by atoms with Crippen molar-refractivity contribution in [2.45, 2.75) is 6.92 Å². The molecule has 0 aliphatic rings. The molecule has 0 radical (unpaired) electrons. The number of hydrogen-bond donors (Lipinski definition) is 2. The van der Waals surface area contributed by atoms with E-state index in [-0.39, 0.29) is 0 Å². The van der Waals surface area contributed by atoms with E-state index in [1.54, 1.807) is 18.2 Å². The van der Waals surface area contributed by atoms with Crippen molar-refractivity contribution in [3.63, 3.8) is 0 Å². The molecule has 0 atom stereocenters. The molecule has 17 heavy (non-hydrogen) atoms. The Kier molecular flexibility index (Phi) is 3.53. The molecule has 0 aliphatic carbocycles. The van der Waals surface area contributed by atoms with Gasteiger partial charge < -0.3 is 10.0 Å². The Hall–Kier alpha value is -1.29. The number of benzene rings is 2. The van der Waals surface area contributed by atoms with Crippen LogP contribution in [0.3, 0.4) is 0 Å². The molecule has 0 saturated heterocycles. The standard InChI is InChI=1S/C13H12BClO2/c1-9-4-2-3-5-11(9)12-8-10(15)6-7-13(12)14(16)17/h2-8,16-17H,1H3. The normalized spacial score (nSPS) is 10.4. The fourth-order valence-electron chi connectivity index (χ4n) is 1.86. The van der Waals surface area contributed by atoms with Gasteiger partial charge in [-0.2, -0.15) is 0 Å². The van der Waals surface area contributed by atoms with Gasteiger partial charge in [-0.25, -0.2) is 0 Å². The van der Waals surface area contributed by atoms with Gasteiger partial charge in [-0.3, -0.25) is 0 Å². The van der Waals surface area contributed by atoms with Crippen molar-refractivity contribution in [2.75, 3.05) is 0 Å². The van der Waals surface area contributed by atoms with E-state index in [1.165, 1.54) is 0 Å². The Morgan fingerprint density at radius 2 is 1.71 bits per heavy atom. The van der Waals surface area contributed by atoms with Crippen molar-refractivity contribution < 1.29 is 10.0 Å². The van der Waals surface area contributed by atoms with E-state index in [9.17, 15) is 10.0 Å². The summed E-state index contributed by atoms with van der Waals surface area (Å²) < 4.78 is 0. The summed E-state index contributed by atoms with van der Waals surface area (Å²) >= 11 is 5.96. The number of halogens is 1. The molecule has 0 saturated carbocycles. The minimum atomic E-state index is -1.50. The molecule has 86 valence electrons. The van der Waals surface area contributed by atoms with Crippen molar-refractivity contribution in [3.05, 3.63) is 53.1 Å². The van der Waals surface area contributed by atoms with Crippen LogP contribution in [0.4, 0.5) is 0 Å². The quantitative estimate of drug-likeness (QED) is 0.796. The van der Waals surface area contributed by atoms with Crippen LogP contribution in [0.15, 0.2) is 42.5 Å². The molecule has 0 unspecified atom stereocenters. The maximum absolute atomic E-state index is 9.36. The molecule has 2 aromatic carbocycles. The Balaban J connectivity index is 2.65. The van der Waals surface area contributed by atoms with Crippen molar-refractivity contribution in [3.8, 4) is 11.1 Å². The van der Waals surface area contributed by atoms with Crippen molar-refractivity contribution in [1.29, 1.82) is 0 Å². The predicted octanol–water partition coefficient (Wildman–Crippen LogP) is 2.00. The Bertz CT molecular complexity index is 541. The summed E-state index contributed by atoms with van der Waals surface area (Å²) in [6.45, 7) is 1.98. The third kappa shape index (κ3) is 2.52. The first-order valence-electron chi connectivity index (χ1n) is 5.31. The summed E-state index contributed by atoms with van der Waals surface area (Å²) in [5.74, 6) is 0. The molecule has 2 N–H and O–H groups in total. The maximum atomic E-state index is 9.36. The average molecular weight is 247 g/mol. The topological polar surface area (TPSA) is 40.5 Å². The Labute approximate surface area is 106 Å². The van der Waals surface area contributed by atoms with Gasteiger partial charge in [0.05, 0.1) is 0 Å². The van der Waals surface area contributed by atoms with Crippen LogP contribution in [-0.4, -0.2) is 17.2 Å². The minimum absolute atomic E-state index is 0.462. The van der Waals surface area contributed by atoms with Crippen LogP contribution in [0.2, 0.25) is 5.02 Å². The predicted molar refractivity (Wildman–Crippen MR) is 71.5 cm³/mol. The molecular formula is C13H12BClO2. The number of aryl methyl sites for hydroxylation is 1. The maximum Gasteiger partial charge on any atom is 0.489 e. The van der Waals surface area contributed by atoms with E-state index in [4.69, 9.17) is 11.6 Å². The molecule has 0 aromatic heterocycles. The summed E-state index contributed by atoms with van der Waals surface area (Å²) in [5.41, 5.74) is 3.24. The van der Waals surface area contributed by atoms with Gasteiger partial charge in [0.1, 0.15) is 0 Å². The molecule has 2 rings (SSSR count). The molecule has 0 bridgehead atoms.